The third-order valence-electron chi connectivity index (χ3n) is 1.41. The monoisotopic (exact) mass is 189 g/mol. The SMILES string of the molecule is CN(O)Cc1ccc(Cl)cc1F. The third kappa shape index (κ3) is 2.44. The van der Waals surface area contributed by atoms with E-state index in [1.807, 2.05) is 0 Å². The van der Waals surface area contributed by atoms with Crippen molar-refractivity contribution in [1.29, 1.82) is 0 Å². The van der Waals surface area contributed by atoms with Gasteiger partial charge in [-0.05, 0) is 12.1 Å². The second kappa shape index (κ2) is 3.85. The highest BCUT2D eigenvalue weighted by Gasteiger charge is 2.03. The molecule has 0 aromatic heterocycles. The summed E-state index contributed by atoms with van der Waals surface area (Å²) in [6, 6.07) is 4.36. The first-order valence-corrected chi connectivity index (χ1v) is 3.81. The highest BCUT2D eigenvalue weighted by atomic mass is 35.5. The van der Waals surface area contributed by atoms with E-state index in [2.05, 4.69) is 0 Å². The first-order valence-electron chi connectivity index (χ1n) is 3.43. The largest absolute Gasteiger partial charge is 0.314 e. The average Bonchev–Trinajstić information content (AvgIpc) is 1.94. The smallest absolute Gasteiger partial charge is 0.129 e. The molecule has 1 aromatic carbocycles. The quantitative estimate of drug-likeness (QED) is 0.722. The molecule has 0 bridgehead atoms. The first kappa shape index (κ1) is 9.45. The van der Waals surface area contributed by atoms with Gasteiger partial charge in [0.2, 0.25) is 0 Å². The van der Waals surface area contributed by atoms with E-state index in [-0.39, 0.29) is 6.54 Å². The summed E-state index contributed by atoms with van der Waals surface area (Å²) in [4.78, 5) is 0. The lowest BCUT2D eigenvalue weighted by Crippen LogP contribution is -2.12. The molecule has 0 spiro atoms. The summed E-state index contributed by atoms with van der Waals surface area (Å²) in [6.07, 6.45) is 0. The van der Waals surface area contributed by atoms with Crippen LogP contribution in [0, 0.1) is 5.82 Å². The van der Waals surface area contributed by atoms with E-state index in [1.165, 1.54) is 13.1 Å². The zero-order valence-electron chi connectivity index (χ0n) is 6.59. The molecule has 0 aliphatic carbocycles. The van der Waals surface area contributed by atoms with Crippen molar-refractivity contribution in [3.8, 4) is 0 Å². The van der Waals surface area contributed by atoms with Crippen molar-refractivity contribution in [3.05, 3.63) is 34.6 Å². The van der Waals surface area contributed by atoms with E-state index in [9.17, 15) is 4.39 Å². The summed E-state index contributed by atoms with van der Waals surface area (Å²) in [7, 11) is 1.45. The van der Waals surface area contributed by atoms with Crippen molar-refractivity contribution < 1.29 is 9.60 Å². The summed E-state index contributed by atoms with van der Waals surface area (Å²) in [5.41, 5.74) is 0.421. The van der Waals surface area contributed by atoms with Gasteiger partial charge in [0.1, 0.15) is 5.82 Å². The second-order valence-electron chi connectivity index (χ2n) is 2.55. The number of benzene rings is 1. The molecule has 0 radical (unpaired) electrons. The van der Waals surface area contributed by atoms with Crippen LogP contribution in [0.4, 0.5) is 4.39 Å². The minimum absolute atomic E-state index is 0.156. The molecule has 1 aromatic rings. The van der Waals surface area contributed by atoms with Gasteiger partial charge in [0.25, 0.3) is 0 Å². The van der Waals surface area contributed by atoms with Crippen LogP contribution in [0.5, 0.6) is 0 Å². The number of hydrogen-bond acceptors (Lipinski definition) is 2. The molecule has 0 amide bonds. The zero-order valence-corrected chi connectivity index (χ0v) is 7.35. The van der Waals surface area contributed by atoms with Crippen molar-refractivity contribution in [2.24, 2.45) is 0 Å². The molecular formula is C8H9ClFNO. The van der Waals surface area contributed by atoms with Gasteiger partial charge in [-0.25, -0.2) is 4.39 Å². The lowest BCUT2D eigenvalue weighted by Gasteiger charge is -2.08. The number of rotatable bonds is 2. The number of hydroxylamine groups is 2. The van der Waals surface area contributed by atoms with Crippen molar-refractivity contribution in [1.82, 2.24) is 5.06 Å². The molecule has 0 aliphatic heterocycles. The van der Waals surface area contributed by atoms with Crippen molar-refractivity contribution >= 4 is 11.6 Å². The average molecular weight is 190 g/mol. The van der Waals surface area contributed by atoms with E-state index in [0.29, 0.717) is 10.6 Å². The Balaban J connectivity index is 2.86. The van der Waals surface area contributed by atoms with Gasteiger partial charge in [0.05, 0.1) is 6.54 Å². The summed E-state index contributed by atoms with van der Waals surface area (Å²) in [6.45, 7) is 0.156. The summed E-state index contributed by atoms with van der Waals surface area (Å²) in [5, 5.41) is 10.1. The molecular weight excluding hydrogens is 181 g/mol. The van der Waals surface area contributed by atoms with Crippen LogP contribution in [-0.4, -0.2) is 17.3 Å². The van der Waals surface area contributed by atoms with E-state index >= 15 is 0 Å². The van der Waals surface area contributed by atoms with Crippen LogP contribution in [0.2, 0.25) is 5.02 Å². The van der Waals surface area contributed by atoms with Gasteiger partial charge in [-0.1, -0.05) is 17.7 Å². The molecule has 0 fully saturated rings. The van der Waals surface area contributed by atoms with E-state index < -0.39 is 5.82 Å². The standard InChI is InChI=1S/C8H9ClFNO/c1-11(12)5-6-2-3-7(9)4-8(6)10/h2-4,12H,5H2,1H3. The van der Waals surface area contributed by atoms with Crippen molar-refractivity contribution in [2.45, 2.75) is 6.54 Å². The number of halogens is 2. The Morgan fingerprint density at radius 1 is 1.58 bits per heavy atom. The van der Waals surface area contributed by atoms with E-state index in [0.717, 1.165) is 5.06 Å². The van der Waals surface area contributed by atoms with Crippen LogP contribution in [0.15, 0.2) is 18.2 Å². The minimum Gasteiger partial charge on any atom is -0.314 e. The first-order chi connectivity index (χ1) is 5.59. The fourth-order valence-corrected chi connectivity index (χ4v) is 1.06. The Morgan fingerprint density at radius 2 is 2.25 bits per heavy atom. The molecule has 0 unspecified atom stereocenters. The van der Waals surface area contributed by atoms with E-state index in [4.69, 9.17) is 16.8 Å². The third-order valence-corrected chi connectivity index (χ3v) is 1.65. The van der Waals surface area contributed by atoms with E-state index in [1.54, 1.807) is 12.1 Å². The normalized spacial score (nSPS) is 10.8. The summed E-state index contributed by atoms with van der Waals surface area (Å²) < 4.78 is 13.0. The fraction of sp³-hybridized carbons (Fsp3) is 0.250. The lowest BCUT2D eigenvalue weighted by molar-refractivity contribution is -0.0738. The van der Waals surface area contributed by atoms with Gasteiger partial charge in [0, 0.05) is 17.6 Å². The Bertz CT molecular complexity index is 278. The molecule has 0 atom stereocenters. The van der Waals surface area contributed by atoms with Crippen LogP contribution >= 0.6 is 11.6 Å². The number of hydrogen-bond donors (Lipinski definition) is 1. The molecule has 0 heterocycles. The van der Waals surface area contributed by atoms with Gasteiger partial charge < -0.3 is 5.21 Å². The topological polar surface area (TPSA) is 23.5 Å². The zero-order chi connectivity index (χ0) is 9.14. The molecule has 12 heavy (non-hydrogen) atoms. The van der Waals surface area contributed by atoms with Crippen molar-refractivity contribution in [2.75, 3.05) is 7.05 Å². The Labute approximate surface area is 75.1 Å². The maximum Gasteiger partial charge on any atom is 0.129 e. The molecule has 66 valence electrons. The molecule has 2 nitrogen and oxygen atoms in total. The molecule has 0 saturated heterocycles. The predicted molar refractivity (Wildman–Crippen MR) is 44.7 cm³/mol. The Morgan fingerprint density at radius 3 is 2.75 bits per heavy atom. The van der Waals surface area contributed by atoms with Crippen LogP contribution in [0.25, 0.3) is 0 Å². The molecule has 4 heteroatoms. The molecule has 1 rings (SSSR count). The van der Waals surface area contributed by atoms with Crippen LogP contribution in [0.1, 0.15) is 5.56 Å². The van der Waals surface area contributed by atoms with Crippen molar-refractivity contribution in [3.63, 3.8) is 0 Å². The maximum atomic E-state index is 13.0. The minimum atomic E-state index is -0.400. The lowest BCUT2D eigenvalue weighted by atomic mass is 10.2. The van der Waals surface area contributed by atoms with Gasteiger partial charge in [0.15, 0.2) is 0 Å². The highest BCUT2D eigenvalue weighted by molar-refractivity contribution is 6.30. The predicted octanol–water partition coefficient (Wildman–Crippen LogP) is 2.30. The van der Waals surface area contributed by atoms with Crippen LogP contribution < -0.4 is 0 Å². The summed E-state index contributed by atoms with van der Waals surface area (Å²) >= 11 is 5.54. The maximum absolute atomic E-state index is 13.0. The summed E-state index contributed by atoms with van der Waals surface area (Å²) in [5.74, 6) is -0.400. The van der Waals surface area contributed by atoms with Gasteiger partial charge in [-0.15, -0.1) is 0 Å². The fourth-order valence-electron chi connectivity index (χ4n) is 0.896. The van der Waals surface area contributed by atoms with Gasteiger partial charge in [-0.2, -0.15) is 5.06 Å². The Hall–Kier alpha value is -0.640. The number of nitrogens with zero attached hydrogens (tertiary/aromatic N) is 1. The highest BCUT2D eigenvalue weighted by Crippen LogP contribution is 2.15. The van der Waals surface area contributed by atoms with Crippen LogP contribution in [0.3, 0.4) is 0 Å². The van der Waals surface area contributed by atoms with Gasteiger partial charge in [-0.3, -0.25) is 0 Å². The Kier molecular flexibility index (Phi) is 3.03. The van der Waals surface area contributed by atoms with Gasteiger partial charge >= 0.3 is 0 Å². The molecule has 0 saturated carbocycles. The van der Waals surface area contributed by atoms with Crippen LogP contribution in [-0.2, 0) is 6.54 Å². The molecule has 1 N–H and O–H groups in total. The molecule has 0 aliphatic rings. The second-order valence-corrected chi connectivity index (χ2v) is 2.99.